The van der Waals surface area contributed by atoms with Crippen LogP contribution in [0.5, 0.6) is 5.95 Å². The van der Waals surface area contributed by atoms with E-state index in [1.165, 1.54) is 0 Å². The van der Waals surface area contributed by atoms with E-state index in [0.29, 0.717) is 0 Å². The molecule has 0 aliphatic heterocycles. The number of aliphatic imine (C=N–C) groups is 1. The number of oxazole rings is 1. The maximum atomic E-state index is 11.1. The zero-order chi connectivity index (χ0) is 17.7. The lowest BCUT2D eigenvalue weighted by molar-refractivity contribution is -0.132. The summed E-state index contributed by atoms with van der Waals surface area (Å²) >= 11 is 9.64. The van der Waals surface area contributed by atoms with Crippen LogP contribution in [0.1, 0.15) is 23.2 Å². The van der Waals surface area contributed by atoms with E-state index in [2.05, 4.69) is 22.6 Å². The molecular formula is C15H14ClN3O4S. The molecule has 2 rings (SSSR count). The largest absolute Gasteiger partial charge is 0.479 e. The Bertz CT molecular complexity index is 789. The molecule has 0 amide bonds. The molecule has 9 heteroatoms. The SMILES string of the molecule is NC(c1ccccc1)c1nc(C=N/C(C(=O)O)=C(\Cl)CS)c(O)o1. The van der Waals surface area contributed by atoms with Crippen molar-refractivity contribution < 1.29 is 19.4 Å². The molecule has 1 atom stereocenters. The molecule has 126 valence electrons. The van der Waals surface area contributed by atoms with Crippen molar-refractivity contribution in [1.29, 1.82) is 0 Å². The number of carbonyl (C=O) groups is 1. The van der Waals surface area contributed by atoms with Gasteiger partial charge in [0, 0.05) is 5.75 Å². The molecule has 0 spiro atoms. The van der Waals surface area contributed by atoms with Crippen LogP contribution in [0.4, 0.5) is 0 Å². The van der Waals surface area contributed by atoms with Crippen LogP contribution in [0.15, 0.2) is 50.5 Å². The van der Waals surface area contributed by atoms with Crippen molar-refractivity contribution in [3.05, 3.63) is 58.2 Å². The molecule has 0 fully saturated rings. The predicted molar refractivity (Wildman–Crippen MR) is 92.6 cm³/mol. The van der Waals surface area contributed by atoms with E-state index < -0.39 is 23.7 Å². The summed E-state index contributed by atoms with van der Waals surface area (Å²) in [5, 5.41) is 18.8. The van der Waals surface area contributed by atoms with Crippen LogP contribution in [0.2, 0.25) is 0 Å². The molecule has 24 heavy (non-hydrogen) atoms. The number of aromatic hydroxyl groups is 1. The van der Waals surface area contributed by atoms with Gasteiger partial charge in [0.25, 0.3) is 0 Å². The molecule has 0 bridgehead atoms. The molecule has 1 aromatic heterocycles. The van der Waals surface area contributed by atoms with E-state index >= 15 is 0 Å². The molecule has 4 N–H and O–H groups in total. The van der Waals surface area contributed by atoms with Crippen LogP contribution in [-0.2, 0) is 4.79 Å². The number of nitrogens with two attached hydrogens (primary N) is 1. The Morgan fingerprint density at radius 1 is 1.46 bits per heavy atom. The van der Waals surface area contributed by atoms with Crippen LogP contribution < -0.4 is 5.73 Å². The lowest BCUT2D eigenvalue weighted by atomic mass is 10.1. The summed E-state index contributed by atoms with van der Waals surface area (Å²) in [6.45, 7) is 0. The lowest BCUT2D eigenvalue weighted by Crippen LogP contribution is -2.12. The van der Waals surface area contributed by atoms with Gasteiger partial charge < -0.3 is 20.4 Å². The third kappa shape index (κ3) is 4.16. The second kappa shape index (κ2) is 8.00. The molecule has 0 radical (unpaired) electrons. The number of aliphatic carboxylic acids is 1. The minimum Gasteiger partial charge on any atom is -0.479 e. The minimum absolute atomic E-state index is 0.00938. The van der Waals surface area contributed by atoms with E-state index in [9.17, 15) is 9.90 Å². The third-order valence-corrected chi connectivity index (χ3v) is 3.81. The highest BCUT2D eigenvalue weighted by Gasteiger charge is 2.19. The number of aromatic nitrogens is 1. The Kier molecular flexibility index (Phi) is 6.02. The zero-order valence-electron chi connectivity index (χ0n) is 12.3. The van der Waals surface area contributed by atoms with Gasteiger partial charge in [-0.25, -0.2) is 14.8 Å². The van der Waals surface area contributed by atoms with E-state index in [1.807, 2.05) is 18.2 Å². The zero-order valence-corrected chi connectivity index (χ0v) is 13.9. The molecule has 1 heterocycles. The van der Waals surface area contributed by atoms with Gasteiger partial charge in [0.2, 0.25) is 5.89 Å². The number of carboxylic acid groups (broad SMARTS) is 1. The average molecular weight is 368 g/mol. The first-order chi connectivity index (χ1) is 11.4. The van der Waals surface area contributed by atoms with Crippen LogP contribution in [0.25, 0.3) is 0 Å². The minimum atomic E-state index is -1.32. The van der Waals surface area contributed by atoms with Crippen molar-refractivity contribution in [2.45, 2.75) is 6.04 Å². The molecule has 2 aromatic rings. The number of halogens is 1. The Morgan fingerprint density at radius 2 is 2.12 bits per heavy atom. The van der Waals surface area contributed by atoms with Gasteiger partial charge in [-0.1, -0.05) is 41.9 Å². The molecule has 0 saturated heterocycles. The average Bonchev–Trinajstić information content (AvgIpc) is 2.95. The number of thiol groups is 1. The number of hydrogen-bond acceptors (Lipinski definition) is 7. The van der Waals surface area contributed by atoms with Crippen molar-refractivity contribution in [1.82, 2.24) is 4.98 Å². The first-order valence-corrected chi connectivity index (χ1v) is 7.72. The summed E-state index contributed by atoms with van der Waals surface area (Å²) in [6.07, 6.45) is 1.04. The summed E-state index contributed by atoms with van der Waals surface area (Å²) in [5.41, 5.74) is 6.31. The highest BCUT2D eigenvalue weighted by Crippen LogP contribution is 2.25. The molecule has 0 saturated carbocycles. The standard InChI is InChI=1S/C15H14ClN3O4S/c16-9(7-24)12(14(20)21)18-6-10-15(22)23-13(19-10)11(17)8-4-2-1-3-5-8/h1-6,11,22,24H,7,17H2,(H,20,21)/b12-9-,18-6?. The second-order valence-electron chi connectivity index (χ2n) is 4.61. The lowest BCUT2D eigenvalue weighted by Gasteiger charge is -2.06. The molecule has 7 nitrogen and oxygen atoms in total. The van der Waals surface area contributed by atoms with Gasteiger partial charge in [-0.2, -0.15) is 12.6 Å². The predicted octanol–water partition coefficient (Wildman–Crippen LogP) is 2.31. The van der Waals surface area contributed by atoms with Gasteiger partial charge in [0.05, 0.1) is 11.2 Å². The summed E-state index contributed by atoms with van der Waals surface area (Å²) in [4.78, 5) is 18.8. The van der Waals surface area contributed by atoms with Crippen molar-refractivity contribution in [3.63, 3.8) is 0 Å². The summed E-state index contributed by atoms with van der Waals surface area (Å²) in [5.74, 6) is -1.77. The Labute approximate surface area is 147 Å². The van der Waals surface area contributed by atoms with Crippen LogP contribution >= 0.6 is 24.2 Å². The van der Waals surface area contributed by atoms with Crippen LogP contribution in [0, 0.1) is 0 Å². The van der Waals surface area contributed by atoms with E-state index in [-0.39, 0.29) is 22.4 Å². The smallest absolute Gasteiger partial charge is 0.355 e. The topological polar surface area (TPSA) is 122 Å². The van der Waals surface area contributed by atoms with Crippen molar-refractivity contribution in [2.24, 2.45) is 10.7 Å². The van der Waals surface area contributed by atoms with Gasteiger partial charge in [-0.15, -0.1) is 0 Å². The fourth-order valence-electron chi connectivity index (χ4n) is 1.80. The number of benzene rings is 1. The second-order valence-corrected chi connectivity index (χ2v) is 5.38. The number of carboxylic acids is 1. The highest BCUT2D eigenvalue weighted by atomic mass is 35.5. The van der Waals surface area contributed by atoms with E-state index in [1.54, 1.807) is 12.1 Å². The van der Waals surface area contributed by atoms with E-state index in [4.69, 9.17) is 26.9 Å². The quantitative estimate of drug-likeness (QED) is 0.353. The van der Waals surface area contributed by atoms with E-state index in [0.717, 1.165) is 11.8 Å². The molecule has 1 unspecified atom stereocenters. The fraction of sp³-hybridized carbons (Fsp3) is 0.133. The van der Waals surface area contributed by atoms with Crippen molar-refractivity contribution >= 4 is 36.4 Å². The van der Waals surface area contributed by atoms with Gasteiger partial charge >= 0.3 is 11.9 Å². The first-order valence-electron chi connectivity index (χ1n) is 6.71. The highest BCUT2D eigenvalue weighted by molar-refractivity contribution is 7.80. The first kappa shape index (κ1) is 18.1. The monoisotopic (exact) mass is 367 g/mol. The molecule has 1 aromatic carbocycles. The summed E-state index contributed by atoms with van der Waals surface area (Å²) in [7, 11) is 0. The normalized spacial score (nSPS) is 13.8. The third-order valence-electron chi connectivity index (χ3n) is 2.99. The molecular weight excluding hydrogens is 354 g/mol. The van der Waals surface area contributed by atoms with Gasteiger partial charge in [-0.3, -0.25) is 0 Å². The maximum Gasteiger partial charge on any atom is 0.355 e. The van der Waals surface area contributed by atoms with Gasteiger partial charge in [-0.05, 0) is 5.56 Å². The van der Waals surface area contributed by atoms with Crippen LogP contribution in [-0.4, -0.2) is 33.1 Å². The Morgan fingerprint density at radius 3 is 2.71 bits per heavy atom. The number of nitrogens with zero attached hydrogens (tertiary/aromatic N) is 2. The molecule has 0 aliphatic rings. The van der Waals surface area contributed by atoms with Gasteiger partial charge in [0.15, 0.2) is 11.4 Å². The number of hydrogen-bond donors (Lipinski definition) is 4. The maximum absolute atomic E-state index is 11.1. The van der Waals surface area contributed by atoms with Crippen molar-refractivity contribution in [3.8, 4) is 5.95 Å². The van der Waals surface area contributed by atoms with Crippen LogP contribution in [0.3, 0.4) is 0 Å². The fourth-order valence-corrected chi connectivity index (χ4v) is 2.08. The van der Waals surface area contributed by atoms with Gasteiger partial charge in [0.1, 0.15) is 6.04 Å². The molecule has 0 aliphatic carbocycles. The number of rotatable bonds is 6. The van der Waals surface area contributed by atoms with Crippen molar-refractivity contribution in [2.75, 3.05) is 5.75 Å². The summed E-state index contributed by atoms with van der Waals surface area (Å²) in [6, 6.07) is 8.35. The Hall–Kier alpha value is -2.29. The Balaban J connectivity index is 2.29. The summed E-state index contributed by atoms with van der Waals surface area (Å²) < 4.78 is 5.13.